The van der Waals surface area contributed by atoms with E-state index in [0.29, 0.717) is 11.4 Å². The fourth-order valence-corrected chi connectivity index (χ4v) is 3.59. The molecule has 0 bridgehead atoms. The minimum atomic E-state index is -0.424. The topological polar surface area (TPSA) is 111 Å². The van der Waals surface area contributed by atoms with Crippen LogP contribution < -0.4 is 5.43 Å². The first-order chi connectivity index (χ1) is 17.2. The average molecular weight is 461 g/mol. The summed E-state index contributed by atoms with van der Waals surface area (Å²) in [5.41, 5.74) is 7.65. The molecule has 0 aliphatic heterocycles. The van der Waals surface area contributed by atoms with Gasteiger partial charge in [-0.3, -0.25) is 10.1 Å². The van der Waals surface area contributed by atoms with Gasteiger partial charge in [-0.05, 0) is 24.3 Å². The van der Waals surface area contributed by atoms with Gasteiger partial charge in [0.05, 0.1) is 16.8 Å². The summed E-state index contributed by atoms with van der Waals surface area (Å²) in [6, 6.07) is 29.6. The molecule has 1 N–H and O–H groups in total. The summed E-state index contributed by atoms with van der Waals surface area (Å²) < 4.78 is 1.86. The summed E-state index contributed by atoms with van der Waals surface area (Å²) in [5, 5.41) is 23.8. The lowest BCUT2D eigenvalue weighted by molar-refractivity contribution is -0.384. The smallest absolute Gasteiger partial charge is 0.269 e. The second-order valence-electron chi connectivity index (χ2n) is 7.51. The van der Waals surface area contributed by atoms with Gasteiger partial charge >= 0.3 is 0 Å². The lowest BCUT2D eigenvalue weighted by Gasteiger charge is -2.09. The Balaban J connectivity index is 1.41. The number of nitrogens with one attached hydrogen (secondary N) is 1. The maximum absolute atomic E-state index is 10.9. The normalized spacial score (nSPS) is 11.0. The number of non-ortho nitro benzene ring substituents is 1. The van der Waals surface area contributed by atoms with Crippen LogP contribution >= 0.6 is 0 Å². The Morgan fingerprint density at radius 1 is 0.800 bits per heavy atom. The third-order valence-electron chi connectivity index (χ3n) is 5.26. The monoisotopic (exact) mass is 461 g/mol. The highest BCUT2D eigenvalue weighted by Crippen LogP contribution is 2.28. The number of aromatic nitrogens is 4. The van der Waals surface area contributed by atoms with Crippen molar-refractivity contribution >= 4 is 17.9 Å². The fourth-order valence-electron chi connectivity index (χ4n) is 3.59. The second kappa shape index (κ2) is 9.75. The number of anilines is 1. The van der Waals surface area contributed by atoms with E-state index >= 15 is 0 Å². The van der Waals surface area contributed by atoms with Crippen molar-refractivity contribution < 1.29 is 4.92 Å². The molecule has 5 rings (SSSR count). The van der Waals surface area contributed by atoms with E-state index < -0.39 is 4.92 Å². The molecule has 9 heteroatoms. The van der Waals surface area contributed by atoms with Crippen LogP contribution in [0.5, 0.6) is 0 Å². The zero-order valence-electron chi connectivity index (χ0n) is 18.4. The number of rotatable bonds is 7. The summed E-state index contributed by atoms with van der Waals surface area (Å²) in [4.78, 5) is 15.2. The van der Waals surface area contributed by atoms with Crippen molar-refractivity contribution in [1.29, 1.82) is 0 Å². The lowest BCUT2D eigenvalue weighted by Crippen LogP contribution is -2.04. The minimum Gasteiger partial charge on any atom is -0.316 e. The highest BCUT2D eigenvalue weighted by molar-refractivity contribution is 5.80. The number of hydrogen-bond acceptors (Lipinski definition) is 7. The molecule has 0 radical (unpaired) electrons. The fraction of sp³-hybridized carbons (Fsp3) is 0. The van der Waals surface area contributed by atoms with Gasteiger partial charge in [0.15, 0.2) is 0 Å². The molecule has 0 aliphatic carbocycles. The molecule has 5 aromatic rings. The van der Waals surface area contributed by atoms with Gasteiger partial charge in [0, 0.05) is 35.1 Å². The van der Waals surface area contributed by atoms with E-state index in [0.717, 1.165) is 22.5 Å². The van der Waals surface area contributed by atoms with Crippen LogP contribution in [0.15, 0.2) is 108 Å². The molecular weight excluding hydrogens is 442 g/mol. The third-order valence-corrected chi connectivity index (χ3v) is 5.26. The molecule has 0 spiro atoms. The standard InChI is InChI=1S/C26H19N7O2/c34-33(35)22-15-13-21(14-16-22)32-17-7-12-23(32)18-27-30-26-28-24(19-8-3-1-4-9-19)25(29-31-26)20-10-5-2-6-11-20/h1-18H,(H,28,30,31)/b27-18+. The van der Waals surface area contributed by atoms with Crippen LogP contribution in [0.4, 0.5) is 11.6 Å². The van der Waals surface area contributed by atoms with Crippen LogP contribution in [0.3, 0.4) is 0 Å². The molecule has 0 atom stereocenters. The second-order valence-corrected chi connectivity index (χ2v) is 7.51. The van der Waals surface area contributed by atoms with E-state index in [9.17, 15) is 10.1 Å². The van der Waals surface area contributed by atoms with E-state index in [1.165, 1.54) is 12.1 Å². The van der Waals surface area contributed by atoms with Crippen LogP contribution in [-0.2, 0) is 0 Å². The minimum absolute atomic E-state index is 0.0376. The van der Waals surface area contributed by atoms with Crippen LogP contribution in [-0.4, -0.2) is 30.9 Å². The molecule has 3 aromatic carbocycles. The number of nitro benzene ring substituents is 1. The first kappa shape index (κ1) is 21.7. The quantitative estimate of drug-likeness (QED) is 0.199. The average Bonchev–Trinajstić information content (AvgIpc) is 3.38. The summed E-state index contributed by atoms with van der Waals surface area (Å²) in [7, 11) is 0. The molecule has 0 fully saturated rings. The van der Waals surface area contributed by atoms with E-state index in [1.807, 2.05) is 83.6 Å². The maximum Gasteiger partial charge on any atom is 0.269 e. The SMILES string of the molecule is O=[N+]([O-])c1ccc(-n2cccc2/C=N/Nc2nnc(-c3ccccc3)c(-c3ccccc3)n2)cc1. The predicted molar refractivity (Wildman–Crippen MR) is 134 cm³/mol. The van der Waals surface area contributed by atoms with E-state index in [1.54, 1.807) is 18.3 Å². The molecular formula is C26H19N7O2. The van der Waals surface area contributed by atoms with Gasteiger partial charge in [-0.15, -0.1) is 10.2 Å². The van der Waals surface area contributed by atoms with Crippen molar-refractivity contribution in [1.82, 2.24) is 19.7 Å². The summed E-state index contributed by atoms with van der Waals surface area (Å²) in [6.07, 6.45) is 3.47. The van der Waals surface area contributed by atoms with Gasteiger partial charge < -0.3 is 4.57 Å². The van der Waals surface area contributed by atoms with Crippen LogP contribution in [0.2, 0.25) is 0 Å². The molecule has 0 amide bonds. The van der Waals surface area contributed by atoms with Crippen molar-refractivity contribution in [3.63, 3.8) is 0 Å². The molecule has 170 valence electrons. The molecule has 2 aromatic heterocycles. The van der Waals surface area contributed by atoms with E-state index in [2.05, 4.69) is 25.7 Å². The largest absolute Gasteiger partial charge is 0.316 e. The molecule has 0 aliphatic rings. The Morgan fingerprint density at radius 2 is 1.46 bits per heavy atom. The zero-order chi connectivity index (χ0) is 24.0. The Bertz CT molecular complexity index is 1480. The highest BCUT2D eigenvalue weighted by Gasteiger charge is 2.13. The first-order valence-electron chi connectivity index (χ1n) is 10.8. The number of hydrogen-bond donors (Lipinski definition) is 1. The van der Waals surface area contributed by atoms with Gasteiger partial charge in [0.25, 0.3) is 11.6 Å². The van der Waals surface area contributed by atoms with Gasteiger partial charge in [-0.1, -0.05) is 60.7 Å². The number of hydrazone groups is 1. The third kappa shape index (κ3) is 4.79. The van der Waals surface area contributed by atoms with Gasteiger partial charge in [0.1, 0.15) is 11.4 Å². The summed E-state index contributed by atoms with van der Waals surface area (Å²) in [5.74, 6) is 0.258. The van der Waals surface area contributed by atoms with Crippen molar-refractivity contribution in [2.24, 2.45) is 5.10 Å². The Morgan fingerprint density at radius 3 is 2.11 bits per heavy atom. The zero-order valence-corrected chi connectivity index (χ0v) is 18.4. The Kier molecular flexibility index (Phi) is 6.03. The van der Waals surface area contributed by atoms with Gasteiger partial charge in [-0.2, -0.15) is 5.10 Å². The van der Waals surface area contributed by atoms with Crippen molar-refractivity contribution in [3.05, 3.63) is 119 Å². The van der Waals surface area contributed by atoms with Crippen molar-refractivity contribution in [2.75, 3.05) is 5.43 Å². The Labute approximate surface area is 200 Å². The Hall–Kier alpha value is -5.18. The van der Waals surface area contributed by atoms with Crippen LogP contribution in [0.25, 0.3) is 28.2 Å². The van der Waals surface area contributed by atoms with Gasteiger partial charge in [-0.25, -0.2) is 10.4 Å². The summed E-state index contributed by atoms with van der Waals surface area (Å²) >= 11 is 0. The molecule has 2 heterocycles. The molecule has 0 saturated carbocycles. The van der Waals surface area contributed by atoms with Crippen molar-refractivity contribution in [3.8, 4) is 28.2 Å². The van der Waals surface area contributed by atoms with E-state index in [4.69, 9.17) is 0 Å². The van der Waals surface area contributed by atoms with E-state index in [-0.39, 0.29) is 11.6 Å². The number of benzene rings is 3. The van der Waals surface area contributed by atoms with Crippen LogP contribution in [0, 0.1) is 10.1 Å². The van der Waals surface area contributed by atoms with Crippen LogP contribution in [0.1, 0.15) is 5.69 Å². The van der Waals surface area contributed by atoms with Crippen molar-refractivity contribution in [2.45, 2.75) is 0 Å². The molecule has 35 heavy (non-hydrogen) atoms. The highest BCUT2D eigenvalue weighted by atomic mass is 16.6. The molecule has 0 unspecified atom stereocenters. The number of nitro groups is 1. The molecule has 9 nitrogen and oxygen atoms in total. The first-order valence-corrected chi connectivity index (χ1v) is 10.8. The molecule has 0 saturated heterocycles. The maximum atomic E-state index is 10.9. The predicted octanol–water partition coefficient (Wildman–Crippen LogP) is 5.35. The summed E-state index contributed by atoms with van der Waals surface area (Å²) in [6.45, 7) is 0. The number of nitrogens with zero attached hydrogens (tertiary/aromatic N) is 6. The van der Waals surface area contributed by atoms with Gasteiger partial charge in [0.2, 0.25) is 0 Å². The lowest BCUT2D eigenvalue weighted by atomic mass is 10.0.